The first-order valence-corrected chi connectivity index (χ1v) is 7.05. The van der Waals surface area contributed by atoms with Gasteiger partial charge in [0.1, 0.15) is 6.54 Å². The van der Waals surface area contributed by atoms with Gasteiger partial charge in [-0.05, 0) is 25.0 Å². The van der Waals surface area contributed by atoms with Crippen molar-refractivity contribution in [1.82, 2.24) is 14.5 Å². The van der Waals surface area contributed by atoms with Crippen molar-refractivity contribution in [3.8, 4) is 0 Å². The van der Waals surface area contributed by atoms with E-state index in [2.05, 4.69) is 4.98 Å². The molecular formula is C15H17N3O3. The lowest BCUT2D eigenvalue weighted by molar-refractivity contribution is -0.145. The monoisotopic (exact) mass is 287 g/mol. The SMILES string of the molecule is O=C(O)C1CCCN(C(=O)Cn2cnc3ccccc32)C1. The molecule has 1 aliphatic heterocycles. The van der Waals surface area contributed by atoms with Gasteiger partial charge in [0.25, 0.3) is 0 Å². The number of piperidine rings is 1. The normalized spacial score (nSPS) is 18.9. The number of nitrogens with zero attached hydrogens (tertiary/aromatic N) is 3. The fraction of sp³-hybridized carbons (Fsp3) is 0.400. The lowest BCUT2D eigenvalue weighted by atomic mass is 9.98. The maximum absolute atomic E-state index is 12.4. The molecule has 0 aliphatic carbocycles. The minimum absolute atomic E-state index is 0.0518. The largest absolute Gasteiger partial charge is 0.481 e. The van der Waals surface area contributed by atoms with Gasteiger partial charge in [-0.2, -0.15) is 0 Å². The molecule has 1 saturated heterocycles. The maximum Gasteiger partial charge on any atom is 0.308 e. The summed E-state index contributed by atoms with van der Waals surface area (Å²) in [5.74, 6) is -1.31. The molecule has 2 aromatic rings. The minimum Gasteiger partial charge on any atom is -0.481 e. The van der Waals surface area contributed by atoms with Gasteiger partial charge in [0.15, 0.2) is 0 Å². The fourth-order valence-electron chi connectivity index (χ4n) is 2.79. The van der Waals surface area contributed by atoms with E-state index in [9.17, 15) is 9.59 Å². The second kappa shape index (κ2) is 5.55. The number of fused-ring (bicyclic) bond motifs is 1. The zero-order valence-corrected chi connectivity index (χ0v) is 11.6. The molecule has 1 aliphatic rings. The molecule has 6 heteroatoms. The van der Waals surface area contributed by atoms with Gasteiger partial charge in [-0.15, -0.1) is 0 Å². The number of para-hydroxylation sites is 2. The van der Waals surface area contributed by atoms with Crippen LogP contribution in [0.4, 0.5) is 0 Å². The molecule has 21 heavy (non-hydrogen) atoms. The first-order chi connectivity index (χ1) is 10.1. The van der Waals surface area contributed by atoms with Gasteiger partial charge >= 0.3 is 5.97 Å². The lowest BCUT2D eigenvalue weighted by Crippen LogP contribution is -2.43. The van der Waals surface area contributed by atoms with Crippen molar-refractivity contribution in [1.29, 1.82) is 0 Å². The second-order valence-electron chi connectivity index (χ2n) is 5.38. The zero-order chi connectivity index (χ0) is 14.8. The summed E-state index contributed by atoms with van der Waals surface area (Å²) in [6, 6.07) is 7.64. The maximum atomic E-state index is 12.4. The van der Waals surface area contributed by atoms with Crippen LogP contribution in [0.3, 0.4) is 0 Å². The molecule has 0 saturated carbocycles. The summed E-state index contributed by atoms with van der Waals surface area (Å²) >= 11 is 0. The standard InChI is InChI=1S/C15H17N3O3/c19-14(17-7-3-4-11(8-17)15(20)21)9-18-10-16-12-5-1-2-6-13(12)18/h1-2,5-6,10-11H,3-4,7-9H2,(H,20,21). The van der Waals surface area contributed by atoms with Gasteiger partial charge in [-0.1, -0.05) is 12.1 Å². The van der Waals surface area contributed by atoms with Crippen LogP contribution in [0.5, 0.6) is 0 Å². The van der Waals surface area contributed by atoms with Crippen LogP contribution < -0.4 is 0 Å². The topological polar surface area (TPSA) is 75.4 Å². The predicted octanol–water partition coefficient (Wildman–Crippen LogP) is 1.36. The van der Waals surface area contributed by atoms with Crippen LogP contribution in [0.25, 0.3) is 11.0 Å². The third-order valence-corrected chi connectivity index (χ3v) is 3.96. The third kappa shape index (κ3) is 2.74. The van der Waals surface area contributed by atoms with E-state index in [-0.39, 0.29) is 12.5 Å². The average molecular weight is 287 g/mol. The quantitative estimate of drug-likeness (QED) is 0.925. The van der Waals surface area contributed by atoms with E-state index < -0.39 is 11.9 Å². The van der Waals surface area contributed by atoms with Gasteiger partial charge < -0.3 is 14.6 Å². The molecule has 1 N–H and O–H groups in total. The summed E-state index contributed by atoms with van der Waals surface area (Å²) < 4.78 is 1.81. The predicted molar refractivity (Wildman–Crippen MR) is 76.7 cm³/mol. The summed E-state index contributed by atoms with van der Waals surface area (Å²) in [6.07, 6.45) is 3.04. The third-order valence-electron chi connectivity index (χ3n) is 3.96. The molecule has 1 atom stereocenters. The van der Waals surface area contributed by atoms with Gasteiger partial charge in [-0.25, -0.2) is 4.98 Å². The summed E-state index contributed by atoms with van der Waals surface area (Å²) in [4.78, 5) is 29.3. The Bertz CT molecular complexity index is 680. The number of carboxylic acids is 1. The number of likely N-dealkylation sites (tertiary alicyclic amines) is 1. The molecule has 1 fully saturated rings. The number of carboxylic acid groups (broad SMARTS) is 1. The Labute approximate surface area is 122 Å². The van der Waals surface area contributed by atoms with Crippen molar-refractivity contribution in [3.63, 3.8) is 0 Å². The van der Waals surface area contributed by atoms with Crippen molar-refractivity contribution in [2.45, 2.75) is 19.4 Å². The van der Waals surface area contributed by atoms with E-state index in [1.54, 1.807) is 11.2 Å². The van der Waals surface area contributed by atoms with Gasteiger partial charge in [0.05, 0.1) is 23.3 Å². The Morgan fingerprint density at radius 2 is 2.14 bits per heavy atom. The van der Waals surface area contributed by atoms with E-state index in [0.29, 0.717) is 19.5 Å². The number of aliphatic carboxylic acids is 1. The first kappa shape index (κ1) is 13.6. The van der Waals surface area contributed by atoms with Crippen molar-refractivity contribution >= 4 is 22.9 Å². The van der Waals surface area contributed by atoms with Crippen LogP contribution in [0.15, 0.2) is 30.6 Å². The molecule has 0 radical (unpaired) electrons. The van der Waals surface area contributed by atoms with Crippen LogP contribution in [-0.2, 0) is 16.1 Å². The number of rotatable bonds is 3. The Hall–Kier alpha value is -2.37. The minimum atomic E-state index is -0.819. The van der Waals surface area contributed by atoms with Crippen LogP contribution >= 0.6 is 0 Å². The van der Waals surface area contributed by atoms with Crippen LogP contribution in [-0.4, -0.2) is 44.5 Å². The molecule has 2 heterocycles. The average Bonchev–Trinajstić information content (AvgIpc) is 2.91. The number of amides is 1. The molecule has 0 bridgehead atoms. The highest BCUT2D eigenvalue weighted by molar-refractivity contribution is 5.81. The second-order valence-corrected chi connectivity index (χ2v) is 5.38. The molecule has 110 valence electrons. The van der Waals surface area contributed by atoms with E-state index in [1.165, 1.54) is 0 Å². The highest BCUT2D eigenvalue weighted by Gasteiger charge is 2.28. The molecule has 1 aromatic heterocycles. The van der Waals surface area contributed by atoms with Gasteiger partial charge in [-0.3, -0.25) is 9.59 Å². The Morgan fingerprint density at radius 1 is 1.33 bits per heavy atom. The Balaban J connectivity index is 1.72. The lowest BCUT2D eigenvalue weighted by Gasteiger charge is -2.30. The number of aromatic nitrogens is 2. The first-order valence-electron chi connectivity index (χ1n) is 7.05. The summed E-state index contributed by atoms with van der Waals surface area (Å²) in [5.41, 5.74) is 1.77. The van der Waals surface area contributed by atoms with Crippen LogP contribution in [0.1, 0.15) is 12.8 Å². The summed E-state index contributed by atoms with van der Waals surface area (Å²) in [5, 5.41) is 9.08. The fourth-order valence-corrected chi connectivity index (χ4v) is 2.79. The number of hydrogen-bond donors (Lipinski definition) is 1. The van der Waals surface area contributed by atoms with Crippen LogP contribution in [0, 0.1) is 5.92 Å². The Morgan fingerprint density at radius 3 is 2.95 bits per heavy atom. The van der Waals surface area contributed by atoms with Crippen molar-refractivity contribution in [2.75, 3.05) is 13.1 Å². The number of imidazole rings is 1. The number of benzene rings is 1. The zero-order valence-electron chi connectivity index (χ0n) is 11.6. The van der Waals surface area contributed by atoms with E-state index in [0.717, 1.165) is 17.5 Å². The highest BCUT2D eigenvalue weighted by atomic mass is 16.4. The van der Waals surface area contributed by atoms with E-state index >= 15 is 0 Å². The molecule has 3 rings (SSSR count). The molecular weight excluding hydrogens is 270 g/mol. The van der Waals surface area contributed by atoms with E-state index in [1.807, 2.05) is 28.8 Å². The molecule has 0 spiro atoms. The summed E-state index contributed by atoms with van der Waals surface area (Å²) in [6.45, 7) is 1.14. The highest BCUT2D eigenvalue weighted by Crippen LogP contribution is 2.18. The van der Waals surface area contributed by atoms with Gasteiger partial charge in [0.2, 0.25) is 5.91 Å². The smallest absolute Gasteiger partial charge is 0.308 e. The van der Waals surface area contributed by atoms with Crippen molar-refractivity contribution in [2.24, 2.45) is 5.92 Å². The summed E-state index contributed by atoms with van der Waals surface area (Å²) in [7, 11) is 0. The molecule has 1 aromatic carbocycles. The van der Waals surface area contributed by atoms with Gasteiger partial charge in [0, 0.05) is 13.1 Å². The van der Waals surface area contributed by atoms with Crippen molar-refractivity contribution in [3.05, 3.63) is 30.6 Å². The number of carbonyl (C=O) groups is 2. The number of carbonyl (C=O) groups excluding carboxylic acids is 1. The number of hydrogen-bond acceptors (Lipinski definition) is 3. The molecule has 1 amide bonds. The van der Waals surface area contributed by atoms with E-state index in [4.69, 9.17) is 5.11 Å². The molecule has 6 nitrogen and oxygen atoms in total. The Kier molecular flexibility index (Phi) is 3.60. The van der Waals surface area contributed by atoms with Crippen molar-refractivity contribution < 1.29 is 14.7 Å². The molecule has 1 unspecified atom stereocenters. The van der Waals surface area contributed by atoms with Crippen LogP contribution in [0.2, 0.25) is 0 Å².